The van der Waals surface area contributed by atoms with Gasteiger partial charge in [0.15, 0.2) is 0 Å². The second-order valence-electron chi connectivity index (χ2n) is 2.86. The van der Waals surface area contributed by atoms with E-state index in [9.17, 15) is 4.79 Å². The Morgan fingerprint density at radius 3 is 2.62 bits per heavy atom. The third-order valence-corrected chi connectivity index (χ3v) is 1.91. The molecule has 1 aromatic carbocycles. The highest BCUT2D eigenvalue weighted by Crippen LogP contribution is 2.14. The molecule has 3 heteroatoms. The summed E-state index contributed by atoms with van der Waals surface area (Å²) < 4.78 is 9.99. The van der Waals surface area contributed by atoms with E-state index < -0.39 is 0 Å². The molecule has 1 unspecified atom stereocenters. The minimum Gasteiger partial charge on any atom is -0.432 e. The molecule has 0 amide bonds. The van der Waals surface area contributed by atoms with Crippen molar-refractivity contribution in [2.45, 2.75) is 12.7 Å². The molecule has 1 fully saturated rings. The van der Waals surface area contributed by atoms with Crippen LogP contribution in [-0.2, 0) is 9.47 Å². The second-order valence-corrected chi connectivity index (χ2v) is 2.86. The number of carbonyl (C=O) groups excluding carboxylic acids is 1. The van der Waals surface area contributed by atoms with Gasteiger partial charge in [0.2, 0.25) is 6.29 Å². The average Bonchev–Trinajstić information content (AvgIpc) is 2.12. The lowest BCUT2D eigenvalue weighted by Gasteiger charge is -2.25. The van der Waals surface area contributed by atoms with Gasteiger partial charge in [-0.05, 0) is 12.1 Å². The van der Waals surface area contributed by atoms with Crippen LogP contribution in [0, 0.1) is 0 Å². The standard InChI is InChI=1S/C10H10O3/c11-10(13-9-6-7-12-9)8-4-2-1-3-5-8/h1-5,9H,6-7H2. The molecule has 1 aromatic rings. The lowest BCUT2D eigenvalue weighted by Crippen LogP contribution is -2.31. The van der Waals surface area contributed by atoms with E-state index in [2.05, 4.69) is 0 Å². The van der Waals surface area contributed by atoms with Gasteiger partial charge in [0, 0.05) is 6.42 Å². The van der Waals surface area contributed by atoms with Gasteiger partial charge in [-0.1, -0.05) is 18.2 Å². The van der Waals surface area contributed by atoms with E-state index >= 15 is 0 Å². The molecule has 0 N–H and O–H groups in total. The summed E-state index contributed by atoms with van der Waals surface area (Å²) in [4.78, 5) is 11.3. The zero-order chi connectivity index (χ0) is 9.10. The molecule has 1 atom stereocenters. The monoisotopic (exact) mass is 178 g/mol. The van der Waals surface area contributed by atoms with E-state index in [1.807, 2.05) is 6.07 Å². The molecule has 1 saturated heterocycles. The first-order valence-electron chi connectivity index (χ1n) is 4.24. The molecule has 1 aliphatic rings. The molecule has 2 rings (SSSR count). The topological polar surface area (TPSA) is 35.5 Å². The van der Waals surface area contributed by atoms with Gasteiger partial charge in [0.05, 0.1) is 12.2 Å². The van der Waals surface area contributed by atoms with Crippen LogP contribution in [0.25, 0.3) is 0 Å². The lowest BCUT2D eigenvalue weighted by atomic mass is 10.2. The Labute approximate surface area is 76.3 Å². The van der Waals surface area contributed by atoms with Crippen LogP contribution in [0.2, 0.25) is 0 Å². The molecule has 1 aliphatic heterocycles. The number of hydrogen-bond donors (Lipinski definition) is 0. The molecule has 3 nitrogen and oxygen atoms in total. The molecule has 0 bridgehead atoms. The smallest absolute Gasteiger partial charge is 0.340 e. The Kier molecular flexibility index (Phi) is 2.27. The third kappa shape index (κ3) is 1.87. The molecule has 0 spiro atoms. The maximum atomic E-state index is 11.3. The first-order chi connectivity index (χ1) is 6.36. The SMILES string of the molecule is O=C(OC1CCO1)c1ccccc1. The van der Waals surface area contributed by atoms with E-state index in [0.717, 1.165) is 6.42 Å². The van der Waals surface area contributed by atoms with Crippen molar-refractivity contribution in [1.29, 1.82) is 0 Å². The predicted molar refractivity (Wildman–Crippen MR) is 46.2 cm³/mol. The Balaban J connectivity index is 1.97. The fourth-order valence-corrected chi connectivity index (χ4v) is 1.07. The fourth-order valence-electron chi connectivity index (χ4n) is 1.07. The number of carbonyl (C=O) groups is 1. The van der Waals surface area contributed by atoms with Crippen LogP contribution in [0.3, 0.4) is 0 Å². The van der Waals surface area contributed by atoms with Gasteiger partial charge in [-0.3, -0.25) is 0 Å². The molecule has 0 saturated carbocycles. The summed E-state index contributed by atoms with van der Waals surface area (Å²) >= 11 is 0. The van der Waals surface area contributed by atoms with Crippen molar-refractivity contribution >= 4 is 5.97 Å². The van der Waals surface area contributed by atoms with Gasteiger partial charge in [0.1, 0.15) is 0 Å². The van der Waals surface area contributed by atoms with Crippen LogP contribution in [-0.4, -0.2) is 18.9 Å². The van der Waals surface area contributed by atoms with Crippen LogP contribution in [0.4, 0.5) is 0 Å². The Morgan fingerprint density at radius 2 is 2.08 bits per heavy atom. The van der Waals surface area contributed by atoms with Gasteiger partial charge < -0.3 is 9.47 Å². The molecule has 13 heavy (non-hydrogen) atoms. The number of hydrogen-bond acceptors (Lipinski definition) is 3. The van der Waals surface area contributed by atoms with Crippen LogP contribution in [0.15, 0.2) is 30.3 Å². The highest BCUT2D eigenvalue weighted by molar-refractivity contribution is 5.89. The van der Waals surface area contributed by atoms with Gasteiger partial charge in [-0.25, -0.2) is 4.79 Å². The van der Waals surface area contributed by atoms with E-state index in [1.165, 1.54) is 0 Å². The van der Waals surface area contributed by atoms with E-state index in [1.54, 1.807) is 24.3 Å². The molecule has 0 radical (unpaired) electrons. The molecule has 0 aromatic heterocycles. The maximum absolute atomic E-state index is 11.3. The van der Waals surface area contributed by atoms with Crippen molar-refractivity contribution in [1.82, 2.24) is 0 Å². The Bertz CT molecular complexity index is 290. The fraction of sp³-hybridized carbons (Fsp3) is 0.300. The van der Waals surface area contributed by atoms with Crippen molar-refractivity contribution < 1.29 is 14.3 Å². The summed E-state index contributed by atoms with van der Waals surface area (Å²) in [6.07, 6.45) is 0.478. The van der Waals surface area contributed by atoms with Gasteiger partial charge in [-0.2, -0.15) is 0 Å². The van der Waals surface area contributed by atoms with Crippen LogP contribution in [0.5, 0.6) is 0 Å². The zero-order valence-corrected chi connectivity index (χ0v) is 7.10. The lowest BCUT2D eigenvalue weighted by molar-refractivity contribution is -0.184. The molecular weight excluding hydrogens is 168 g/mol. The highest BCUT2D eigenvalue weighted by Gasteiger charge is 2.22. The van der Waals surface area contributed by atoms with Crippen LogP contribution < -0.4 is 0 Å². The third-order valence-electron chi connectivity index (χ3n) is 1.91. The van der Waals surface area contributed by atoms with E-state index in [4.69, 9.17) is 9.47 Å². The zero-order valence-electron chi connectivity index (χ0n) is 7.10. The summed E-state index contributed by atoms with van der Waals surface area (Å²) in [5, 5.41) is 0. The van der Waals surface area contributed by atoms with Crippen molar-refractivity contribution in [3.8, 4) is 0 Å². The molecule has 0 aliphatic carbocycles. The summed E-state index contributed by atoms with van der Waals surface area (Å²) in [6.45, 7) is 0.687. The van der Waals surface area contributed by atoms with Gasteiger partial charge in [0.25, 0.3) is 0 Å². The number of esters is 1. The first-order valence-corrected chi connectivity index (χ1v) is 4.24. The summed E-state index contributed by atoms with van der Waals surface area (Å²) in [5.41, 5.74) is 0.568. The minimum absolute atomic E-state index is 0.315. The van der Waals surface area contributed by atoms with Crippen molar-refractivity contribution in [2.75, 3.05) is 6.61 Å². The minimum atomic E-state index is -0.326. The largest absolute Gasteiger partial charge is 0.432 e. The molecular formula is C10H10O3. The average molecular weight is 178 g/mol. The van der Waals surface area contributed by atoms with Gasteiger partial charge in [-0.15, -0.1) is 0 Å². The number of rotatable bonds is 2. The van der Waals surface area contributed by atoms with Gasteiger partial charge >= 0.3 is 5.97 Å². The normalized spacial score (nSPS) is 20.5. The van der Waals surface area contributed by atoms with Crippen molar-refractivity contribution in [3.63, 3.8) is 0 Å². The second kappa shape index (κ2) is 3.58. The van der Waals surface area contributed by atoms with Crippen molar-refractivity contribution in [3.05, 3.63) is 35.9 Å². The summed E-state index contributed by atoms with van der Waals surface area (Å²) in [7, 11) is 0. The van der Waals surface area contributed by atoms with Crippen molar-refractivity contribution in [2.24, 2.45) is 0 Å². The summed E-state index contributed by atoms with van der Waals surface area (Å²) in [6, 6.07) is 8.91. The van der Waals surface area contributed by atoms with Crippen LogP contribution in [0.1, 0.15) is 16.8 Å². The quantitative estimate of drug-likeness (QED) is 0.645. The highest BCUT2D eigenvalue weighted by atomic mass is 16.7. The Morgan fingerprint density at radius 1 is 1.38 bits per heavy atom. The van der Waals surface area contributed by atoms with E-state index in [0.29, 0.717) is 12.2 Å². The maximum Gasteiger partial charge on any atom is 0.340 e. The summed E-state index contributed by atoms with van der Waals surface area (Å²) in [5.74, 6) is -0.315. The van der Waals surface area contributed by atoms with Crippen LogP contribution >= 0.6 is 0 Å². The number of ether oxygens (including phenoxy) is 2. The predicted octanol–water partition coefficient (Wildman–Crippen LogP) is 1.59. The first kappa shape index (κ1) is 8.26. The molecule has 68 valence electrons. The Hall–Kier alpha value is -1.35. The van der Waals surface area contributed by atoms with E-state index in [-0.39, 0.29) is 12.3 Å². The molecule has 1 heterocycles. The number of benzene rings is 1.